The van der Waals surface area contributed by atoms with Gasteiger partial charge in [-0.25, -0.2) is 0 Å². The number of hydrogen-bond acceptors (Lipinski definition) is 14. The summed E-state index contributed by atoms with van der Waals surface area (Å²) in [6.07, 6.45) is 1.67. The van der Waals surface area contributed by atoms with Crippen LogP contribution in [-0.2, 0) is 68.6 Å². The van der Waals surface area contributed by atoms with Crippen LogP contribution in [0.5, 0.6) is 0 Å². The van der Waals surface area contributed by atoms with Gasteiger partial charge in [0.25, 0.3) is 11.8 Å². The van der Waals surface area contributed by atoms with Crippen molar-refractivity contribution >= 4 is 65.0 Å². The van der Waals surface area contributed by atoms with Crippen molar-refractivity contribution in [2.75, 3.05) is 61.5 Å². The first-order valence-corrected chi connectivity index (χ1v) is 28.6. The Hall–Kier alpha value is -6.79. The Morgan fingerprint density at radius 1 is 0.720 bits per heavy atom. The molecule has 1 fully saturated rings. The van der Waals surface area contributed by atoms with Crippen LogP contribution in [0.1, 0.15) is 112 Å². The Kier molecular flexibility index (Phi) is 28.8. The van der Waals surface area contributed by atoms with Crippen LogP contribution in [0, 0.1) is 23.7 Å². The molecule has 0 saturated carbocycles. The number of carbonyl (C=O) groups excluding carboxylic acids is 10. The molecule has 458 valence electrons. The van der Waals surface area contributed by atoms with E-state index >= 15 is 0 Å². The second-order valence-corrected chi connectivity index (χ2v) is 22.3. The summed E-state index contributed by atoms with van der Waals surface area (Å²) in [5.74, 6) is -8.22. The minimum Gasteiger partial charge on any atom is -0.481 e. The zero-order chi connectivity index (χ0) is 61.5. The number of likely N-dealkylation sites (tertiary alicyclic amines) is 1. The zero-order valence-corrected chi connectivity index (χ0v) is 50.3. The summed E-state index contributed by atoms with van der Waals surface area (Å²) in [5, 5.41) is 25.7. The molecule has 2 aliphatic rings. The van der Waals surface area contributed by atoms with E-state index in [1.807, 2.05) is 60.5 Å². The van der Waals surface area contributed by atoms with E-state index in [4.69, 9.17) is 9.47 Å². The molecule has 1 saturated heterocycles. The molecule has 24 heteroatoms. The summed E-state index contributed by atoms with van der Waals surface area (Å²) < 4.78 is 12.1. The van der Waals surface area contributed by atoms with Crippen molar-refractivity contribution in [3.63, 3.8) is 0 Å². The number of imide groups is 1. The molecule has 2 heterocycles. The molecule has 0 aliphatic carbocycles. The van der Waals surface area contributed by atoms with Crippen molar-refractivity contribution in [1.82, 2.24) is 51.5 Å². The third kappa shape index (κ3) is 20.3. The molecule has 0 spiro atoms. The number of rotatable bonds is 35. The molecule has 82 heavy (non-hydrogen) atoms. The summed E-state index contributed by atoms with van der Waals surface area (Å²) in [7, 11) is 8.27. The van der Waals surface area contributed by atoms with Gasteiger partial charge in [-0.15, -0.1) is 0 Å². The van der Waals surface area contributed by atoms with Gasteiger partial charge >= 0.3 is 5.97 Å². The molecule has 0 aromatic heterocycles. The van der Waals surface area contributed by atoms with Crippen LogP contribution in [0.25, 0.3) is 0 Å². The first-order chi connectivity index (χ1) is 38.7. The number of methoxy groups -OCH3 is 2. The Morgan fingerprint density at radius 2 is 1.32 bits per heavy atom. The lowest BCUT2D eigenvalue weighted by Crippen LogP contribution is -2.60. The van der Waals surface area contributed by atoms with Crippen molar-refractivity contribution < 1.29 is 67.3 Å². The predicted molar refractivity (Wildman–Crippen MR) is 305 cm³/mol. The minimum absolute atomic E-state index is 0.00484. The second-order valence-electron chi connectivity index (χ2n) is 22.3. The van der Waals surface area contributed by atoms with Gasteiger partial charge in [-0.05, 0) is 56.7 Å². The number of nitrogens with one attached hydrogen (secondary N) is 6. The molecule has 0 bridgehead atoms. The summed E-state index contributed by atoms with van der Waals surface area (Å²) in [6.45, 7) is 15.0. The first kappa shape index (κ1) is 69.5. The van der Waals surface area contributed by atoms with Crippen molar-refractivity contribution in [2.45, 2.75) is 168 Å². The smallest absolute Gasteiger partial charge is 0.305 e. The number of benzene rings is 1. The standard InChI is InChI=1S/C58H92N10O14/c1-14-20-39(55(77)63-41(32-48(73)74)54(76)60-28-27-59-44(69)26-30-68-45(70)24-25-46(68)71)61-56(78)40(31-38-21-17-16-18-22-38)62-53(75)37(8)52(82-13)42-23-19-29-67(42)47(72)33-43(81-12)51(36(7)15-2)66(11)58(80)49(34(3)4)64-57(79)50(35(5)6)65(9)10/h16-18,21-22,24-25,34-37,39-43,49-52H,14-15,19-20,23,26-33H2,1-13H3,(H,59,69)(H,60,76)(H,61,78)(H,62,75)(H,63,77)(H,64,79)(H,73,74)/t36-,37+,39-,40-,41+,42-,43+,49-,50-,51-,52?/m0/s1. The van der Waals surface area contributed by atoms with E-state index in [0.717, 1.165) is 17.1 Å². The highest BCUT2D eigenvalue weighted by Gasteiger charge is 2.44. The fourth-order valence-electron chi connectivity index (χ4n) is 10.7. The third-order valence-electron chi connectivity index (χ3n) is 15.3. The average Bonchev–Trinajstić information content (AvgIpc) is 4.23. The van der Waals surface area contributed by atoms with Gasteiger partial charge in [0.2, 0.25) is 47.3 Å². The maximum Gasteiger partial charge on any atom is 0.305 e. The Balaban J connectivity index is 1.78. The number of carboxylic acid groups (broad SMARTS) is 1. The largest absolute Gasteiger partial charge is 0.481 e. The molecule has 10 amide bonds. The molecule has 2 aliphatic heterocycles. The van der Waals surface area contributed by atoms with Gasteiger partial charge in [0.15, 0.2) is 0 Å². The maximum atomic E-state index is 14.6. The van der Waals surface area contributed by atoms with Gasteiger partial charge in [0.05, 0.1) is 49.1 Å². The van der Waals surface area contributed by atoms with Crippen LogP contribution in [-0.4, -0.2) is 206 Å². The van der Waals surface area contributed by atoms with Crippen molar-refractivity contribution in [3.05, 3.63) is 48.0 Å². The number of aliphatic carboxylic acids is 1. The normalized spacial score (nSPS) is 17.9. The van der Waals surface area contributed by atoms with Crippen LogP contribution >= 0.6 is 0 Å². The fourth-order valence-corrected chi connectivity index (χ4v) is 10.7. The number of amides is 10. The Morgan fingerprint density at radius 3 is 1.87 bits per heavy atom. The number of carboxylic acids is 1. The van der Waals surface area contributed by atoms with Crippen molar-refractivity contribution in [2.24, 2.45) is 23.7 Å². The SMILES string of the molecule is CCC[C@H](NC(=O)[C@H](Cc1ccccc1)NC(=O)[C@H](C)C(OC)[C@@H]1CCCN1C(=O)C[C@@H](OC)[C@H]([C@@H](C)CC)N(C)C(=O)[C@@H](NC(=O)[C@H](C(C)C)N(C)C)C(C)C)C(=O)N[C@H](CC(=O)O)C(=O)NCCNC(=O)CCN1C(=O)C=CC1=O. The van der Waals surface area contributed by atoms with E-state index in [-0.39, 0.29) is 80.8 Å². The highest BCUT2D eigenvalue weighted by Crippen LogP contribution is 2.30. The molecule has 0 radical (unpaired) electrons. The zero-order valence-electron chi connectivity index (χ0n) is 50.3. The molecule has 7 N–H and O–H groups in total. The lowest BCUT2D eigenvalue weighted by molar-refractivity contribution is -0.148. The van der Waals surface area contributed by atoms with Gasteiger partial charge in [0, 0.05) is 72.4 Å². The number of likely N-dealkylation sites (N-methyl/N-ethyl adjacent to an activating group) is 2. The number of nitrogens with zero attached hydrogens (tertiary/aromatic N) is 4. The number of carbonyl (C=O) groups is 11. The number of hydrogen-bond donors (Lipinski definition) is 7. The van der Waals surface area contributed by atoms with Gasteiger partial charge in [-0.2, -0.15) is 0 Å². The molecule has 1 unspecified atom stereocenters. The highest BCUT2D eigenvalue weighted by molar-refractivity contribution is 6.13. The quantitative estimate of drug-likeness (QED) is 0.0371. The summed E-state index contributed by atoms with van der Waals surface area (Å²) in [5.41, 5.74) is 0.677. The van der Waals surface area contributed by atoms with Crippen LogP contribution in [0.4, 0.5) is 0 Å². The van der Waals surface area contributed by atoms with Gasteiger partial charge < -0.3 is 56.3 Å². The van der Waals surface area contributed by atoms with Crippen molar-refractivity contribution in [3.8, 4) is 0 Å². The van der Waals surface area contributed by atoms with E-state index in [1.165, 1.54) is 14.2 Å². The summed E-state index contributed by atoms with van der Waals surface area (Å²) in [4.78, 5) is 152. The van der Waals surface area contributed by atoms with Crippen LogP contribution in [0.2, 0.25) is 0 Å². The van der Waals surface area contributed by atoms with E-state index < -0.39 is 114 Å². The lowest BCUT2D eigenvalue weighted by atomic mass is 9.89. The third-order valence-corrected chi connectivity index (χ3v) is 15.3. The molecule has 1 aromatic carbocycles. The Bertz CT molecular complexity index is 2360. The lowest BCUT2D eigenvalue weighted by Gasteiger charge is -2.41. The summed E-state index contributed by atoms with van der Waals surface area (Å²) in [6, 6.07) is 2.29. The van der Waals surface area contributed by atoms with E-state index in [0.29, 0.717) is 37.8 Å². The highest BCUT2D eigenvalue weighted by atomic mass is 16.5. The Labute approximate surface area is 483 Å². The topological polar surface area (TPSA) is 312 Å². The first-order valence-electron chi connectivity index (χ1n) is 28.6. The molecule has 11 atom stereocenters. The fraction of sp³-hybridized carbons (Fsp3) is 0.672. The molecular formula is C58H92N10O14. The number of ether oxygens (including phenoxy) is 2. The van der Waals surface area contributed by atoms with Crippen LogP contribution < -0.4 is 31.9 Å². The monoisotopic (exact) mass is 1150 g/mol. The van der Waals surface area contributed by atoms with Crippen LogP contribution in [0.3, 0.4) is 0 Å². The van der Waals surface area contributed by atoms with Gasteiger partial charge in [-0.1, -0.05) is 98.6 Å². The minimum atomic E-state index is -1.59. The van der Waals surface area contributed by atoms with Gasteiger partial charge in [-0.3, -0.25) is 62.5 Å². The van der Waals surface area contributed by atoms with E-state index in [9.17, 15) is 57.8 Å². The summed E-state index contributed by atoms with van der Waals surface area (Å²) >= 11 is 0. The predicted octanol–water partition coefficient (Wildman–Crippen LogP) is 1.15. The molecular weight excluding hydrogens is 1060 g/mol. The van der Waals surface area contributed by atoms with E-state index in [2.05, 4.69) is 31.9 Å². The molecule has 24 nitrogen and oxygen atoms in total. The second kappa shape index (κ2) is 34.0. The molecule has 3 rings (SSSR count). The molecule has 1 aromatic rings. The van der Waals surface area contributed by atoms with Crippen molar-refractivity contribution in [1.29, 1.82) is 0 Å². The van der Waals surface area contributed by atoms with Gasteiger partial charge in [0.1, 0.15) is 24.2 Å². The van der Waals surface area contributed by atoms with Crippen LogP contribution in [0.15, 0.2) is 42.5 Å². The van der Waals surface area contributed by atoms with E-state index in [1.54, 1.807) is 61.0 Å². The maximum absolute atomic E-state index is 14.6. The average molecular weight is 1150 g/mol.